The molecular weight excluding hydrogens is 407 g/mol. The average molecular weight is 427 g/mol. The molecule has 1 saturated carbocycles. The molecule has 0 N–H and O–H groups in total. The molecule has 3 aromatic rings. The predicted octanol–water partition coefficient (Wildman–Crippen LogP) is 4.37. The number of rotatable bonds is 4. The van der Waals surface area contributed by atoms with E-state index in [9.17, 15) is 9.18 Å². The van der Waals surface area contributed by atoms with Gasteiger partial charge in [0.05, 0.1) is 5.02 Å². The Kier molecular flexibility index (Phi) is 4.90. The SMILES string of the molecule is O=C(c1ccc(F)c(Cl)c1)N1CCN(c2ccc(-c3noc(C4CC4)n3)cc2)CC1. The Bertz CT molecular complexity index is 1070. The molecule has 1 aliphatic heterocycles. The summed E-state index contributed by atoms with van der Waals surface area (Å²) < 4.78 is 18.7. The highest BCUT2D eigenvalue weighted by Gasteiger charge is 2.30. The zero-order valence-electron chi connectivity index (χ0n) is 16.2. The van der Waals surface area contributed by atoms with E-state index < -0.39 is 5.82 Å². The van der Waals surface area contributed by atoms with Gasteiger partial charge in [-0.2, -0.15) is 4.98 Å². The summed E-state index contributed by atoms with van der Waals surface area (Å²) in [5, 5.41) is 4.05. The number of halogens is 2. The molecule has 2 aromatic carbocycles. The zero-order chi connectivity index (χ0) is 20.7. The fourth-order valence-electron chi connectivity index (χ4n) is 3.65. The van der Waals surface area contributed by atoms with E-state index in [1.165, 1.54) is 18.2 Å². The Balaban J connectivity index is 1.21. The Morgan fingerprint density at radius 2 is 1.80 bits per heavy atom. The highest BCUT2D eigenvalue weighted by molar-refractivity contribution is 6.31. The first-order valence-corrected chi connectivity index (χ1v) is 10.4. The van der Waals surface area contributed by atoms with Crippen LogP contribution in [0, 0.1) is 5.82 Å². The van der Waals surface area contributed by atoms with Gasteiger partial charge < -0.3 is 14.3 Å². The van der Waals surface area contributed by atoms with Gasteiger partial charge in [0.15, 0.2) is 0 Å². The third-order valence-corrected chi connectivity index (χ3v) is 5.88. The number of amides is 1. The number of nitrogens with zero attached hydrogens (tertiary/aromatic N) is 4. The fraction of sp³-hybridized carbons (Fsp3) is 0.318. The predicted molar refractivity (Wildman–Crippen MR) is 111 cm³/mol. The van der Waals surface area contributed by atoms with Crippen molar-refractivity contribution in [2.45, 2.75) is 18.8 Å². The Morgan fingerprint density at radius 3 is 2.47 bits per heavy atom. The van der Waals surface area contributed by atoms with Gasteiger partial charge in [-0.1, -0.05) is 16.8 Å². The molecule has 6 nitrogen and oxygen atoms in total. The van der Waals surface area contributed by atoms with Crippen LogP contribution < -0.4 is 4.90 Å². The molecule has 0 radical (unpaired) electrons. The van der Waals surface area contributed by atoms with E-state index in [1.807, 2.05) is 24.3 Å². The number of carbonyl (C=O) groups excluding carboxylic acids is 1. The van der Waals surface area contributed by atoms with Gasteiger partial charge in [-0.05, 0) is 55.3 Å². The van der Waals surface area contributed by atoms with Crippen LogP contribution in [0.1, 0.15) is 35.0 Å². The van der Waals surface area contributed by atoms with Gasteiger partial charge in [0.25, 0.3) is 5.91 Å². The van der Waals surface area contributed by atoms with E-state index in [-0.39, 0.29) is 10.9 Å². The first kappa shape index (κ1) is 19.1. The molecule has 8 heteroatoms. The molecule has 2 aliphatic rings. The summed E-state index contributed by atoms with van der Waals surface area (Å²) in [6, 6.07) is 12.2. The maximum atomic E-state index is 13.3. The molecule has 0 bridgehead atoms. The van der Waals surface area contributed by atoms with Crippen molar-refractivity contribution in [1.82, 2.24) is 15.0 Å². The third-order valence-electron chi connectivity index (χ3n) is 5.59. The molecule has 5 rings (SSSR count). The molecule has 0 spiro atoms. The highest BCUT2D eigenvalue weighted by atomic mass is 35.5. The van der Waals surface area contributed by atoms with Crippen molar-refractivity contribution >= 4 is 23.2 Å². The van der Waals surface area contributed by atoms with Crippen LogP contribution in [0.25, 0.3) is 11.4 Å². The molecule has 30 heavy (non-hydrogen) atoms. The van der Waals surface area contributed by atoms with Crippen molar-refractivity contribution in [3.8, 4) is 11.4 Å². The lowest BCUT2D eigenvalue weighted by molar-refractivity contribution is 0.0746. The number of anilines is 1. The van der Waals surface area contributed by atoms with E-state index in [0.29, 0.717) is 43.5 Å². The summed E-state index contributed by atoms with van der Waals surface area (Å²) in [7, 11) is 0. The largest absolute Gasteiger partial charge is 0.368 e. The smallest absolute Gasteiger partial charge is 0.254 e. The van der Waals surface area contributed by atoms with Crippen molar-refractivity contribution in [1.29, 1.82) is 0 Å². The minimum Gasteiger partial charge on any atom is -0.368 e. The quantitative estimate of drug-likeness (QED) is 0.620. The van der Waals surface area contributed by atoms with Crippen LogP contribution in [-0.2, 0) is 0 Å². The summed E-state index contributed by atoms with van der Waals surface area (Å²) in [5.74, 6) is 1.14. The Morgan fingerprint density at radius 1 is 1.07 bits per heavy atom. The van der Waals surface area contributed by atoms with Crippen molar-refractivity contribution in [3.63, 3.8) is 0 Å². The second-order valence-electron chi connectivity index (χ2n) is 7.69. The van der Waals surface area contributed by atoms with Gasteiger partial charge in [-0.3, -0.25) is 4.79 Å². The molecule has 1 aliphatic carbocycles. The monoisotopic (exact) mass is 426 g/mol. The van der Waals surface area contributed by atoms with Gasteiger partial charge in [-0.15, -0.1) is 0 Å². The number of hydrogen-bond donors (Lipinski definition) is 0. The summed E-state index contributed by atoms with van der Waals surface area (Å²) in [4.78, 5) is 21.2. The van der Waals surface area contributed by atoms with Gasteiger partial charge in [-0.25, -0.2) is 4.39 Å². The van der Waals surface area contributed by atoms with Crippen molar-refractivity contribution in [2.75, 3.05) is 31.1 Å². The van der Waals surface area contributed by atoms with Crippen LogP contribution in [0.15, 0.2) is 47.0 Å². The van der Waals surface area contributed by atoms with Gasteiger partial charge in [0, 0.05) is 48.9 Å². The van der Waals surface area contributed by atoms with E-state index in [0.717, 1.165) is 30.0 Å². The van der Waals surface area contributed by atoms with Gasteiger partial charge in [0.1, 0.15) is 5.82 Å². The fourth-order valence-corrected chi connectivity index (χ4v) is 3.83. The van der Waals surface area contributed by atoms with Crippen molar-refractivity contribution in [3.05, 3.63) is 64.8 Å². The molecular formula is C22H20ClFN4O2. The maximum Gasteiger partial charge on any atom is 0.254 e. The average Bonchev–Trinajstić information content (AvgIpc) is 3.52. The number of piperazine rings is 1. The molecule has 2 heterocycles. The lowest BCUT2D eigenvalue weighted by atomic mass is 10.1. The second-order valence-corrected chi connectivity index (χ2v) is 8.09. The van der Waals surface area contributed by atoms with Crippen molar-refractivity contribution in [2.24, 2.45) is 0 Å². The summed E-state index contributed by atoms with van der Waals surface area (Å²) >= 11 is 5.81. The van der Waals surface area contributed by atoms with Crippen LogP contribution in [0.3, 0.4) is 0 Å². The van der Waals surface area contributed by atoms with E-state index in [2.05, 4.69) is 15.0 Å². The number of hydrogen-bond acceptors (Lipinski definition) is 5. The number of benzene rings is 2. The molecule has 154 valence electrons. The van der Waals surface area contributed by atoms with Crippen LogP contribution in [-0.4, -0.2) is 47.1 Å². The maximum absolute atomic E-state index is 13.3. The topological polar surface area (TPSA) is 62.5 Å². The number of carbonyl (C=O) groups is 1. The third kappa shape index (κ3) is 3.77. The first-order chi connectivity index (χ1) is 14.6. The molecule has 2 fully saturated rings. The van der Waals surface area contributed by atoms with Crippen LogP contribution in [0.4, 0.5) is 10.1 Å². The number of aromatic nitrogens is 2. The lowest BCUT2D eigenvalue weighted by Gasteiger charge is -2.36. The van der Waals surface area contributed by atoms with Crippen LogP contribution in [0.2, 0.25) is 5.02 Å². The van der Waals surface area contributed by atoms with Crippen molar-refractivity contribution < 1.29 is 13.7 Å². The molecule has 1 aromatic heterocycles. The molecule has 0 atom stereocenters. The summed E-state index contributed by atoms with van der Waals surface area (Å²) in [6.07, 6.45) is 2.26. The minimum absolute atomic E-state index is 0.0366. The van der Waals surface area contributed by atoms with E-state index in [1.54, 1.807) is 4.90 Å². The normalized spacial score (nSPS) is 16.7. The molecule has 1 amide bonds. The Hall–Kier alpha value is -2.93. The van der Waals surface area contributed by atoms with Gasteiger partial charge in [0.2, 0.25) is 11.7 Å². The highest BCUT2D eigenvalue weighted by Crippen LogP contribution is 2.39. The van der Waals surface area contributed by atoms with Gasteiger partial charge >= 0.3 is 0 Å². The van der Waals surface area contributed by atoms with E-state index >= 15 is 0 Å². The zero-order valence-corrected chi connectivity index (χ0v) is 17.0. The van der Waals surface area contributed by atoms with Crippen LogP contribution >= 0.6 is 11.6 Å². The lowest BCUT2D eigenvalue weighted by Crippen LogP contribution is -2.48. The van der Waals surface area contributed by atoms with Crippen LogP contribution in [0.5, 0.6) is 0 Å². The van der Waals surface area contributed by atoms with E-state index in [4.69, 9.17) is 16.1 Å². The summed E-state index contributed by atoms with van der Waals surface area (Å²) in [5.41, 5.74) is 2.42. The molecule has 0 unspecified atom stereocenters. The summed E-state index contributed by atoms with van der Waals surface area (Å²) in [6.45, 7) is 2.61. The standard InChI is InChI=1S/C22H20ClFN4O2/c23-18-13-16(5-8-19(18)24)22(29)28-11-9-27(10-12-28)17-6-3-14(4-7-17)20-25-21(30-26-20)15-1-2-15/h3-8,13,15H,1-2,9-12H2. The molecule has 1 saturated heterocycles. The Labute approximate surface area is 178 Å². The first-order valence-electron chi connectivity index (χ1n) is 10.0. The second kappa shape index (κ2) is 7.72. The minimum atomic E-state index is -0.522.